The molecular weight excluding hydrogens is 274 g/mol. The van der Waals surface area contributed by atoms with Gasteiger partial charge in [-0.15, -0.1) is 0 Å². The van der Waals surface area contributed by atoms with E-state index in [0.29, 0.717) is 6.04 Å². The van der Waals surface area contributed by atoms with Gasteiger partial charge in [0, 0.05) is 37.9 Å². The molecule has 1 aromatic heterocycles. The number of likely N-dealkylation sites (N-methyl/N-ethyl adjacent to an activating group) is 1. The molecule has 5 nitrogen and oxygen atoms in total. The van der Waals surface area contributed by atoms with Gasteiger partial charge in [0.25, 0.3) is 0 Å². The standard InChI is InChI=1S/C17H25N5/c1-21-8-10-22(11-9-21)14-6-7-15-16(12-14)20-17(19-15)18-13-4-2-3-5-13/h6-7,12-13H,2-5,8-11H2,1H3,(H2,18,19,20). The smallest absolute Gasteiger partial charge is 0.201 e. The van der Waals surface area contributed by atoms with Crippen LogP contribution in [-0.2, 0) is 0 Å². The zero-order valence-corrected chi connectivity index (χ0v) is 13.3. The highest BCUT2D eigenvalue weighted by Crippen LogP contribution is 2.25. The minimum absolute atomic E-state index is 0.595. The van der Waals surface area contributed by atoms with E-state index in [1.807, 2.05) is 0 Å². The summed E-state index contributed by atoms with van der Waals surface area (Å²) in [4.78, 5) is 13.0. The molecule has 1 aromatic carbocycles. The number of benzene rings is 1. The molecule has 1 saturated heterocycles. The number of rotatable bonds is 3. The van der Waals surface area contributed by atoms with Gasteiger partial charge in [-0.05, 0) is 38.1 Å². The first kappa shape index (κ1) is 13.9. The fraction of sp³-hybridized carbons (Fsp3) is 0.588. The Bertz CT molecular complexity index is 636. The number of H-pyrrole nitrogens is 1. The molecule has 2 aromatic rings. The van der Waals surface area contributed by atoms with Crippen LogP contribution in [0.15, 0.2) is 18.2 Å². The van der Waals surface area contributed by atoms with Crippen LogP contribution in [0.5, 0.6) is 0 Å². The second kappa shape index (κ2) is 5.80. The first-order valence-electron chi connectivity index (χ1n) is 8.48. The van der Waals surface area contributed by atoms with Gasteiger partial charge in [0.2, 0.25) is 5.95 Å². The summed E-state index contributed by atoms with van der Waals surface area (Å²) in [5, 5.41) is 3.55. The summed E-state index contributed by atoms with van der Waals surface area (Å²) in [6, 6.07) is 7.18. The molecule has 0 amide bonds. The Morgan fingerprint density at radius 2 is 1.91 bits per heavy atom. The van der Waals surface area contributed by atoms with Crippen molar-refractivity contribution in [3.63, 3.8) is 0 Å². The number of anilines is 2. The summed E-state index contributed by atoms with van der Waals surface area (Å²) in [7, 11) is 2.19. The van der Waals surface area contributed by atoms with Crippen LogP contribution in [-0.4, -0.2) is 54.1 Å². The minimum atomic E-state index is 0.595. The Kier molecular flexibility index (Phi) is 3.66. The topological polar surface area (TPSA) is 47.2 Å². The first-order valence-corrected chi connectivity index (χ1v) is 8.48. The molecule has 2 heterocycles. The second-order valence-electron chi connectivity index (χ2n) is 6.70. The molecule has 0 bridgehead atoms. The molecule has 0 spiro atoms. The summed E-state index contributed by atoms with van der Waals surface area (Å²) in [6.07, 6.45) is 5.21. The van der Waals surface area contributed by atoms with Crippen molar-refractivity contribution < 1.29 is 0 Å². The molecule has 1 saturated carbocycles. The van der Waals surface area contributed by atoms with E-state index in [2.05, 4.69) is 50.3 Å². The van der Waals surface area contributed by atoms with Crippen LogP contribution in [0.2, 0.25) is 0 Å². The van der Waals surface area contributed by atoms with Crippen molar-refractivity contribution in [3.8, 4) is 0 Å². The quantitative estimate of drug-likeness (QED) is 0.915. The largest absolute Gasteiger partial charge is 0.369 e. The summed E-state index contributed by atoms with van der Waals surface area (Å²) < 4.78 is 0. The van der Waals surface area contributed by atoms with Crippen molar-refractivity contribution in [2.45, 2.75) is 31.7 Å². The highest BCUT2D eigenvalue weighted by molar-refractivity contribution is 5.81. The van der Waals surface area contributed by atoms with Gasteiger partial charge in [-0.2, -0.15) is 0 Å². The number of fused-ring (bicyclic) bond motifs is 1. The first-order chi connectivity index (χ1) is 10.8. The van der Waals surface area contributed by atoms with Gasteiger partial charge in [-0.25, -0.2) is 4.98 Å². The zero-order chi connectivity index (χ0) is 14.9. The molecule has 0 radical (unpaired) electrons. The minimum Gasteiger partial charge on any atom is -0.369 e. The van der Waals surface area contributed by atoms with Gasteiger partial charge in [-0.3, -0.25) is 0 Å². The molecule has 2 fully saturated rings. The van der Waals surface area contributed by atoms with Gasteiger partial charge >= 0.3 is 0 Å². The molecule has 2 aliphatic rings. The second-order valence-corrected chi connectivity index (χ2v) is 6.70. The lowest BCUT2D eigenvalue weighted by molar-refractivity contribution is 0.313. The van der Waals surface area contributed by atoms with Crippen LogP contribution in [0.4, 0.5) is 11.6 Å². The highest BCUT2D eigenvalue weighted by Gasteiger charge is 2.17. The number of piperazine rings is 1. The Hall–Kier alpha value is -1.75. The van der Waals surface area contributed by atoms with Gasteiger partial charge < -0.3 is 20.1 Å². The molecule has 22 heavy (non-hydrogen) atoms. The van der Waals surface area contributed by atoms with E-state index in [1.165, 1.54) is 31.4 Å². The number of nitrogens with zero attached hydrogens (tertiary/aromatic N) is 3. The third-order valence-corrected chi connectivity index (χ3v) is 5.03. The molecular formula is C17H25N5. The molecule has 5 heteroatoms. The summed E-state index contributed by atoms with van der Waals surface area (Å²) in [5.74, 6) is 0.928. The van der Waals surface area contributed by atoms with Gasteiger partial charge in [0.05, 0.1) is 11.0 Å². The fourth-order valence-electron chi connectivity index (χ4n) is 3.59. The van der Waals surface area contributed by atoms with Crippen LogP contribution in [0.25, 0.3) is 11.0 Å². The van der Waals surface area contributed by atoms with Gasteiger partial charge in [0.1, 0.15) is 0 Å². The van der Waals surface area contributed by atoms with E-state index in [1.54, 1.807) is 0 Å². The van der Waals surface area contributed by atoms with Crippen molar-refractivity contribution in [1.29, 1.82) is 0 Å². The molecule has 1 aliphatic carbocycles. The Morgan fingerprint density at radius 3 is 2.68 bits per heavy atom. The summed E-state index contributed by atoms with van der Waals surface area (Å²) in [6.45, 7) is 4.47. The Labute approximate surface area is 131 Å². The predicted octanol–water partition coefficient (Wildman–Crippen LogP) is 2.67. The van der Waals surface area contributed by atoms with Crippen molar-refractivity contribution in [1.82, 2.24) is 14.9 Å². The third kappa shape index (κ3) is 2.77. The van der Waals surface area contributed by atoms with Crippen molar-refractivity contribution in [2.24, 2.45) is 0 Å². The predicted molar refractivity (Wildman–Crippen MR) is 91.7 cm³/mol. The molecule has 4 rings (SSSR count). The van der Waals surface area contributed by atoms with Gasteiger partial charge in [-0.1, -0.05) is 12.8 Å². The van der Waals surface area contributed by atoms with Crippen LogP contribution >= 0.6 is 0 Å². The SMILES string of the molecule is CN1CCN(c2ccc3nc(NC4CCCC4)[nH]c3c2)CC1. The third-order valence-electron chi connectivity index (χ3n) is 5.03. The van der Waals surface area contributed by atoms with Crippen LogP contribution in [0.1, 0.15) is 25.7 Å². The van der Waals surface area contributed by atoms with E-state index in [4.69, 9.17) is 0 Å². The van der Waals surface area contributed by atoms with Crippen LogP contribution in [0.3, 0.4) is 0 Å². The number of hydrogen-bond donors (Lipinski definition) is 2. The summed E-state index contributed by atoms with van der Waals surface area (Å²) in [5.41, 5.74) is 3.49. The monoisotopic (exact) mass is 299 g/mol. The molecule has 2 N–H and O–H groups in total. The zero-order valence-electron chi connectivity index (χ0n) is 13.3. The fourth-order valence-corrected chi connectivity index (χ4v) is 3.59. The van der Waals surface area contributed by atoms with Crippen LogP contribution in [0, 0.1) is 0 Å². The van der Waals surface area contributed by atoms with Gasteiger partial charge in [0.15, 0.2) is 0 Å². The van der Waals surface area contributed by atoms with E-state index >= 15 is 0 Å². The Balaban J connectivity index is 1.52. The average Bonchev–Trinajstić information content (AvgIpc) is 3.16. The maximum absolute atomic E-state index is 4.68. The number of aromatic amines is 1. The lowest BCUT2D eigenvalue weighted by Gasteiger charge is -2.34. The molecule has 1 aliphatic heterocycles. The van der Waals surface area contributed by atoms with E-state index in [9.17, 15) is 0 Å². The number of aromatic nitrogens is 2. The number of imidazole rings is 1. The summed E-state index contributed by atoms with van der Waals surface area (Å²) >= 11 is 0. The number of hydrogen-bond acceptors (Lipinski definition) is 4. The lowest BCUT2D eigenvalue weighted by Crippen LogP contribution is -2.44. The lowest BCUT2D eigenvalue weighted by atomic mass is 10.2. The Morgan fingerprint density at radius 1 is 1.14 bits per heavy atom. The molecule has 118 valence electrons. The molecule has 0 atom stereocenters. The van der Waals surface area contributed by atoms with Crippen molar-refractivity contribution in [3.05, 3.63) is 18.2 Å². The normalized spacial score (nSPS) is 20.9. The van der Waals surface area contributed by atoms with E-state index in [0.717, 1.165) is 43.2 Å². The van der Waals surface area contributed by atoms with E-state index < -0.39 is 0 Å². The highest BCUT2D eigenvalue weighted by atomic mass is 15.2. The maximum Gasteiger partial charge on any atom is 0.201 e. The average molecular weight is 299 g/mol. The van der Waals surface area contributed by atoms with Crippen LogP contribution < -0.4 is 10.2 Å². The van der Waals surface area contributed by atoms with Crippen molar-refractivity contribution in [2.75, 3.05) is 43.4 Å². The molecule has 0 unspecified atom stereocenters. The van der Waals surface area contributed by atoms with E-state index in [-0.39, 0.29) is 0 Å². The maximum atomic E-state index is 4.68. The van der Waals surface area contributed by atoms with Crippen molar-refractivity contribution >= 4 is 22.7 Å². The number of nitrogens with one attached hydrogen (secondary N) is 2.